The van der Waals surface area contributed by atoms with Crippen LogP contribution >= 0.6 is 15.9 Å². The molecule has 3 heteroatoms. The quantitative estimate of drug-likeness (QED) is 0.578. The summed E-state index contributed by atoms with van der Waals surface area (Å²) in [6.07, 6.45) is 3.70. The van der Waals surface area contributed by atoms with Gasteiger partial charge in [-0.05, 0) is 22.0 Å². The third kappa shape index (κ3) is 1.67. The first-order valence-electron chi connectivity index (χ1n) is 2.62. The van der Waals surface area contributed by atoms with E-state index in [9.17, 15) is 0 Å². The summed E-state index contributed by atoms with van der Waals surface area (Å²) in [7, 11) is 0. The summed E-state index contributed by atoms with van der Waals surface area (Å²) in [5, 5.41) is 10.3. The van der Waals surface area contributed by atoms with E-state index in [2.05, 4.69) is 22.0 Å². The first-order chi connectivity index (χ1) is 4.33. The molecular weight excluding hydrogens is 180 g/mol. The number of quaternary nitrogens is 1. The van der Waals surface area contributed by atoms with E-state index < -0.39 is 0 Å². The number of hydrogen-bond acceptors (Lipinski definition) is 1. The molecule has 0 saturated carbocycles. The van der Waals surface area contributed by atoms with Crippen LogP contribution in [0, 0.1) is 11.3 Å². The normalized spacial score (nSPS) is 17.8. The van der Waals surface area contributed by atoms with E-state index in [0.29, 0.717) is 0 Å². The molecule has 0 fully saturated rings. The lowest BCUT2D eigenvalue weighted by molar-refractivity contribution is -0.592. The Morgan fingerprint density at radius 2 is 2.44 bits per heavy atom. The Bertz CT molecular complexity index is 210. The van der Waals surface area contributed by atoms with Crippen LogP contribution in [-0.2, 0) is 0 Å². The molecule has 0 unspecified atom stereocenters. The van der Waals surface area contributed by atoms with Crippen LogP contribution in [0.25, 0.3) is 0 Å². The molecule has 0 radical (unpaired) electrons. The summed E-state index contributed by atoms with van der Waals surface area (Å²) in [5.74, 6) is 0. The third-order valence-electron chi connectivity index (χ3n) is 1.09. The zero-order valence-corrected chi connectivity index (χ0v) is 6.35. The van der Waals surface area contributed by atoms with Crippen molar-refractivity contribution in [3.8, 4) is 6.07 Å². The van der Waals surface area contributed by atoms with E-state index in [1.807, 2.05) is 11.4 Å². The number of nitriles is 1. The number of halogens is 1. The van der Waals surface area contributed by atoms with Crippen molar-refractivity contribution in [3.05, 3.63) is 22.3 Å². The largest absolute Gasteiger partial charge is 0.301 e. The van der Waals surface area contributed by atoms with Gasteiger partial charge in [-0.15, -0.1) is 0 Å². The van der Waals surface area contributed by atoms with Crippen molar-refractivity contribution in [2.45, 2.75) is 0 Å². The highest BCUT2D eigenvalue weighted by Crippen LogP contribution is 2.03. The van der Waals surface area contributed by atoms with Gasteiger partial charge in [-0.25, -0.2) is 0 Å². The average Bonchev–Trinajstić information content (AvgIpc) is 1.90. The predicted octanol–water partition coefficient (Wildman–Crippen LogP) is 0.250. The van der Waals surface area contributed by atoms with E-state index in [1.54, 1.807) is 6.08 Å². The lowest BCUT2D eigenvalue weighted by atomic mass is 10.3. The number of allylic oxidation sites excluding steroid dienone is 3. The third-order valence-corrected chi connectivity index (χ3v) is 1.68. The van der Waals surface area contributed by atoms with Gasteiger partial charge in [0.2, 0.25) is 5.70 Å². The zero-order chi connectivity index (χ0) is 6.69. The molecule has 0 aromatic rings. The van der Waals surface area contributed by atoms with Crippen molar-refractivity contribution < 1.29 is 5.32 Å². The van der Waals surface area contributed by atoms with Crippen molar-refractivity contribution in [3.63, 3.8) is 0 Å². The highest BCUT2D eigenvalue weighted by Gasteiger charge is 2.04. The molecule has 2 nitrogen and oxygen atoms in total. The lowest BCUT2D eigenvalue weighted by Gasteiger charge is -2.00. The highest BCUT2D eigenvalue weighted by atomic mass is 79.9. The first kappa shape index (κ1) is 6.53. The van der Waals surface area contributed by atoms with Crippen LogP contribution in [0.2, 0.25) is 0 Å². The zero-order valence-electron chi connectivity index (χ0n) is 4.76. The number of hydrogen-bond donors (Lipinski definition) is 1. The molecule has 1 aliphatic rings. The summed E-state index contributed by atoms with van der Waals surface area (Å²) >= 11 is 3.32. The summed E-state index contributed by atoms with van der Waals surface area (Å²) in [4.78, 5) is 0. The van der Waals surface area contributed by atoms with Gasteiger partial charge in [0.1, 0.15) is 6.54 Å². The molecule has 46 valence electrons. The van der Waals surface area contributed by atoms with E-state index in [1.165, 1.54) is 0 Å². The Morgan fingerprint density at radius 3 is 2.89 bits per heavy atom. The maximum Gasteiger partial charge on any atom is 0.207 e. The molecule has 0 atom stereocenters. The van der Waals surface area contributed by atoms with Gasteiger partial charge in [0.25, 0.3) is 0 Å². The number of nitrogens with zero attached hydrogens (tertiary/aromatic N) is 1. The molecule has 0 aromatic heterocycles. The molecule has 1 heterocycles. The smallest absolute Gasteiger partial charge is 0.207 e. The van der Waals surface area contributed by atoms with Crippen LogP contribution in [0.1, 0.15) is 0 Å². The number of nitrogens with two attached hydrogens (primary N) is 1. The fraction of sp³-hybridized carbons (Fsp3) is 0.167. The molecule has 0 saturated heterocycles. The van der Waals surface area contributed by atoms with Gasteiger partial charge in [0.05, 0.1) is 0 Å². The predicted molar refractivity (Wildman–Crippen MR) is 37.5 cm³/mol. The van der Waals surface area contributed by atoms with Crippen LogP contribution in [0.5, 0.6) is 0 Å². The van der Waals surface area contributed by atoms with Crippen LogP contribution in [-0.4, -0.2) is 6.54 Å². The highest BCUT2D eigenvalue weighted by molar-refractivity contribution is 9.11. The lowest BCUT2D eigenvalue weighted by Crippen LogP contribution is -2.82. The minimum Gasteiger partial charge on any atom is -0.301 e. The summed E-state index contributed by atoms with van der Waals surface area (Å²) in [6, 6.07) is 2.06. The van der Waals surface area contributed by atoms with E-state index in [-0.39, 0.29) is 0 Å². The molecule has 2 N–H and O–H groups in total. The second-order valence-corrected chi connectivity index (χ2v) is 2.77. The Balaban J connectivity index is 2.73. The van der Waals surface area contributed by atoms with Gasteiger partial charge in [-0.2, -0.15) is 5.26 Å². The van der Waals surface area contributed by atoms with Crippen LogP contribution in [0.4, 0.5) is 0 Å². The Morgan fingerprint density at radius 1 is 1.67 bits per heavy atom. The number of rotatable bonds is 0. The monoisotopic (exact) mass is 185 g/mol. The average molecular weight is 186 g/mol. The molecule has 1 aliphatic heterocycles. The van der Waals surface area contributed by atoms with E-state index in [0.717, 1.165) is 16.7 Å². The molecule has 0 bridgehead atoms. The van der Waals surface area contributed by atoms with Gasteiger partial charge in [0, 0.05) is 10.6 Å². The molecule has 1 rings (SSSR count). The topological polar surface area (TPSA) is 40.4 Å². The molecule has 0 amide bonds. The molecule has 9 heavy (non-hydrogen) atoms. The van der Waals surface area contributed by atoms with Gasteiger partial charge in [0.15, 0.2) is 6.07 Å². The fourth-order valence-corrected chi connectivity index (χ4v) is 0.901. The van der Waals surface area contributed by atoms with E-state index >= 15 is 0 Å². The van der Waals surface area contributed by atoms with Gasteiger partial charge in [-0.3, -0.25) is 0 Å². The summed E-state index contributed by atoms with van der Waals surface area (Å²) < 4.78 is 1.13. The second-order valence-electron chi connectivity index (χ2n) is 1.76. The van der Waals surface area contributed by atoms with Gasteiger partial charge in [-0.1, -0.05) is 0 Å². The minimum absolute atomic E-state index is 0.748. The van der Waals surface area contributed by atoms with Gasteiger partial charge < -0.3 is 5.32 Å². The van der Waals surface area contributed by atoms with Gasteiger partial charge >= 0.3 is 0 Å². The van der Waals surface area contributed by atoms with E-state index in [4.69, 9.17) is 5.26 Å². The molecule has 0 spiro atoms. The Hall–Kier alpha value is -0.590. The van der Waals surface area contributed by atoms with Crippen LogP contribution < -0.4 is 5.32 Å². The van der Waals surface area contributed by atoms with Crippen molar-refractivity contribution >= 4 is 15.9 Å². The second kappa shape index (κ2) is 2.81. The van der Waals surface area contributed by atoms with Crippen LogP contribution in [0.3, 0.4) is 0 Å². The van der Waals surface area contributed by atoms with Crippen molar-refractivity contribution in [1.82, 2.24) is 0 Å². The fourth-order valence-electron chi connectivity index (χ4n) is 0.607. The molecule has 0 aromatic carbocycles. The molecular formula is C6H6BrN2+. The summed E-state index contributed by atoms with van der Waals surface area (Å²) in [6.45, 7) is 0.847. The van der Waals surface area contributed by atoms with Crippen molar-refractivity contribution in [1.29, 1.82) is 5.26 Å². The summed E-state index contributed by atoms with van der Waals surface area (Å²) in [5.41, 5.74) is 0.748. The Labute approximate surface area is 62.0 Å². The minimum atomic E-state index is 0.748. The Kier molecular flexibility index (Phi) is 2.04. The van der Waals surface area contributed by atoms with Crippen molar-refractivity contribution in [2.24, 2.45) is 0 Å². The maximum atomic E-state index is 8.38. The van der Waals surface area contributed by atoms with Crippen molar-refractivity contribution in [2.75, 3.05) is 6.54 Å². The molecule has 0 aliphatic carbocycles. The standard InChI is InChI=1S/C6H5BrN2/c7-5-1-2-6(3-8)9-4-5/h1-2,9H,4H2/p+1. The first-order valence-corrected chi connectivity index (χ1v) is 3.42. The SMILES string of the molecule is N#CC1=CC=C(Br)C[NH2+]1. The maximum absolute atomic E-state index is 8.38. The van der Waals surface area contributed by atoms with Crippen LogP contribution in [0.15, 0.2) is 22.3 Å².